The summed E-state index contributed by atoms with van der Waals surface area (Å²) in [5.74, 6) is 3.58. The molecular formula is C22H44N2O3S2. The van der Waals surface area contributed by atoms with Crippen molar-refractivity contribution < 1.29 is 14.2 Å². The van der Waals surface area contributed by atoms with Crippen molar-refractivity contribution in [3.63, 3.8) is 0 Å². The molecule has 0 aliphatic carbocycles. The summed E-state index contributed by atoms with van der Waals surface area (Å²) in [4.78, 5) is 5.03. The fraction of sp³-hybridized carbons (Fsp3) is 1.00. The molecule has 2 aliphatic heterocycles. The van der Waals surface area contributed by atoms with Crippen LogP contribution < -0.4 is 0 Å². The zero-order valence-corrected chi connectivity index (χ0v) is 20.9. The predicted molar refractivity (Wildman–Crippen MR) is 128 cm³/mol. The fourth-order valence-corrected chi connectivity index (χ4v) is 5.79. The molecule has 2 saturated heterocycles. The van der Waals surface area contributed by atoms with Gasteiger partial charge in [-0.1, -0.05) is 13.8 Å². The summed E-state index contributed by atoms with van der Waals surface area (Å²) in [6, 6.07) is 0. The second-order valence-corrected chi connectivity index (χ2v) is 12.3. The van der Waals surface area contributed by atoms with Gasteiger partial charge in [0.05, 0.1) is 32.0 Å². The number of hydrogen-bond acceptors (Lipinski definition) is 7. The Morgan fingerprint density at radius 1 is 0.759 bits per heavy atom. The lowest BCUT2D eigenvalue weighted by Crippen LogP contribution is -2.38. The molecule has 29 heavy (non-hydrogen) atoms. The van der Waals surface area contributed by atoms with Crippen LogP contribution in [-0.2, 0) is 14.2 Å². The van der Waals surface area contributed by atoms with E-state index < -0.39 is 0 Å². The number of nitrogens with zero attached hydrogens (tertiary/aromatic N) is 2. The van der Waals surface area contributed by atoms with Crippen LogP contribution in [0, 0.1) is 0 Å². The van der Waals surface area contributed by atoms with Crippen LogP contribution in [-0.4, -0.2) is 110 Å². The molecule has 7 heteroatoms. The van der Waals surface area contributed by atoms with Crippen molar-refractivity contribution in [3.05, 3.63) is 0 Å². The van der Waals surface area contributed by atoms with Crippen molar-refractivity contribution in [2.45, 2.75) is 50.9 Å². The molecule has 0 atom stereocenters. The maximum absolute atomic E-state index is 6.28. The molecule has 2 fully saturated rings. The van der Waals surface area contributed by atoms with Crippen LogP contribution in [0.15, 0.2) is 0 Å². The summed E-state index contributed by atoms with van der Waals surface area (Å²) in [6.07, 6.45) is 2.22. The van der Waals surface area contributed by atoms with Crippen LogP contribution in [0.1, 0.15) is 40.5 Å². The topological polar surface area (TPSA) is 34.2 Å². The summed E-state index contributed by atoms with van der Waals surface area (Å²) in [7, 11) is 0. The van der Waals surface area contributed by atoms with Gasteiger partial charge in [-0.25, -0.2) is 0 Å². The fourth-order valence-electron chi connectivity index (χ4n) is 3.43. The summed E-state index contributed by atoms with van der Waals surface area (Å²) in [5.41, 5.74) is -0.0273. The molecular weight excluding hydrogens is 404 g/mol. The van der Waals surface area contributed by atoms with Crippen molar-refractivity contribution in [1.82, 2.24) is 9.80 Å². The van der Waals surface area contributed by atoms with E-state index in [0.29, 0.717) is 0 Å². The van der Waals surface area contributed by atoms with Crippen molar-refractivity contribution >= 4 is 23.5 Å². The number of ether oxygens (including phenoxy) is 3. The smallest absolute Gasteiger partial charge is 0.0634 e. The largest absolute Gasteiger partial charge is 0.379 e. The lowest BCUT2D eigenvalue weighted by Gasteiger charge is -2.31. The zero-order valence-electron chi connectivity index (χ0n) is 19.2. The van der Waals surface area contributed by atoms with E-state index in [1.165, 1.54) is 30.3 Å². The maximum Gasteiger partial charge on any atom is 0.0634 e. The van der Waals surface area contributed by atoms with Gasteiger partial charge in [-0.2, -0.15) is 23.5 Å². The Hall–Kier alpha value is 0.500. The van der Waals surface area contributed by atoms with Gasteiger partial charge in [-0.05, 0) is 32.4 Å². The molecule has 5 nitrogen and oxygen atoms in total. The molecule has 0 aromatic heterocycles. The van der Waals surface area contributed by atoms with Crippen LogP contribution in [0.4, 0.5) is 0 Å². The van der Waals surface area contributed by atoms with E-state index in [9.17, 15) is 0 Å². The van der Waals surface area contributed by atoms with Gasteiger partial charge in [0.25, 0.3) is 0 Å². The van der Waals surface area contributed by atoms with Gasteiger partial charge < -0.3 is 14.2 Å². The van der Waals surface area contributed by atoms with E-state index in [-0.39, 0.29) is 10.3 Å². The Balaban J connectivity index is 1.48. The Bertz CT molecular complexity index is 426. The molecule has 172 valence electrons. The van der Waals surface area contributed by atoms with Crippen molar-refractivity contribution in [1.29, 1.82) is 0 Å². The lowest BCUT2D eigenvalue weighted by atomic mass is 10.1. The molecule has 0 unspecified atom stereocenters. The Morgan fingerprint density at radius 2 is 1.31 bits per heavy atom. The van der Waals surface area contributed by atoms with Gasteiger partial charge in [0.1, 0.15) is 0 Å². The van der Waals surface area contributed by atoms with Gasteiger partial charge in [0.2, 0.25) is 0 Å². The summed E-state index contributed by atoms with van der Waals surface area (Å²) < 4.78 is 17.4. The molecule has 2 rings (SSSR count). The Morgan fingerprint density at radius 3 is 1.90 bits per heavy atom. The molecule has 0 aromatic carbocycles. The van der Waals surface area contributed by atoms with Crippen molar-refractivity contribution in [2.75, 3.05) is 89.6 Å². The molecule has 0 spiro atoms. The van der Waals surface area contributed by atoms with Gasteiger partial charge in [-0.15, -0.1) is 0 Å². The monoisotopic (exact) mass is 448 g/mol. The highest BCUT2D eigenvalue weighted by molar-refractivity contribution is 8.00. The first-order valence-corrected chi connectivity index (χ1v) is 13.5. The molecule has 2 heterocycles. The highest BCUT2D eigenvalue weighted by Crippen LogP contribution is 2.29. The van der Waals surface area contributed by atoms with E-state index in [4.69, 9.17) is 14.2 Å². The van der Waals surface area contributed by atoms with Crippen LogP contribution >= 0.6 is 23.5 Å². The zero-order chi connectivity index (χ0) is 21.0. The third-order valence-corrected chi connectivity index (χ3v) is 8.04. The number of hydrogen-bond donors (Lipinski definition) is 0. The molecule has 2 aliphatic rings. The molecule has 0 radical (unpaired) electrons. The van der Waals surface area contributed by atoms with E-state index in [0.717, 1.165) is 72.1 Å². The first kappa shape index (κ1) is 25.8. The molecule has 0 aromatic rings. The summed E-state index contributed by atoms with van der Waals surface area (Å²) in [5, 5.41) is 0. The molecule has 0 amide bonds. The number of thioether (sulfide) groups is 2. The minimum Gasteiger partial charge on any atom is -0.379 e. The van der Waals surface area contributed by atoms with Gasteiger partial charge in [-0.3, -0.25) is 9.80 Å². The standard InChI is InChI=1S/C22H44N2O3S2/c1-21(2,6-18-28-19-11-23-7-14-25-15-8-23)27-13-5-22(3,4)29-20-12-24-9-16-26-17-10-24/h5-20H2,1-4H3. The summed E-state index contributed by atoms with van der Waals surface area (Å²) in [6.45, 7) is 20.3. The van der Waals surface area contributed by atoms with E-state index in [2.05, 4.69) is 61.0 Å². The van der Waals surface area contributed by atoms with Crippen molar-refractivity contribution in [3.8, 4) is 0 Å². The van der Waals surface area contributed by atoms with Crippen LogP contribution in [0.25, 0.3) is 0 Å². The van der Waals surface area contributed by atoms with E-state index in [1.54, 1.807) is 0 Å². The van der Waals surface area contributed by atoms with E-state index >= 15 is 0 Å². The lowest BCUT2D eigenvalue weighted by molar-refractivity contribution is -0.0221. The number of rotatable bonds is 14. The first-order valence-electron chi connectivity index (χ1n) is 11.3. The van der Waals surface area contributed by atoms with Gasteiger partial charge >= 0.3 is 0 Å². The normalized spacial score (nSPS) is 20.3. The third-order valence-electron chi connectivity index (χ3n) is 5.70. The molecule has 0 saturated carbocycles. The molecule has 0 bridgehead atoms. The average Bonchev–Trinajstić information content (AvgIpc) is 2.69. The quantitative estimate of drug-likeness (QED) is 0.376. The Kier molecular flexibility index (Phi) is 12.3. The van der Waals surface area contributed by atoms with Crippen LogP contribution in [0.5, 0.6) is 0 Å². The van der Waals surface area contributed by atoms with Gasteiger partial charge in [0.15, 0.2) is 0 Å². The van der Waals surface area contributed by atoms with E-state index in [1.807, 2.05) is 0 Å². The van der Waals surface area contributed by atoms with Crippen LogP contribution in [0.2, 0.25) is 0 Å². The average molecular weight is 449 g/mol. The van der Waals surface area contributed by atoms with Crippen molar-refractivity contribution in [2.24, 2.45) is 0 Å². The minimum atomic E-state index is -0.0273. The first-order chi connectivity index (χ1) is 13.9. The van der Waals surface area contributed by atoms with Crippen LogP contribution in [0.3, 0.4) is 0 Å². The second kappa shape index (κ2) is 13.8. The highest BCUT2D eigenvalue weighted by Gasteiger charge is 2.23. The number of morpholine rings is 2. The third kappa shape index (κ3) is 12.2. The van der Waals surface area contributed by atoms with Gasteiger partial charge in [0, 0.05) is 62.1 Å². The second-order valence-electron chi connectivity index (χ2n) is 9.24. The Labute approximate surface area is 187 Å². The SMILES string of the molecule is CC(C)(CCSCCN1CCOCC1)OCCC(C)(C)SCCN1CCOCC1. The maximum atomic E-state index is 6.28. The predicted octanol–water partition coefficient (Wildman–Crippen LogP) is 3.47. The summed E-state index contributed by atoms with van der Waals surface area (Å²) >= 11 is 4.14. The highest BCUT2D eigenvalue weighted by atomic mass is 32.2. The minimum absolute atomic E-state index is 0.0273. The molecule has 0 N–H and O–H groups in total.